The maximum atomic E-state index is 12.3. The maximum absolute atomic E-state index is 12.3. The molecule has 1 amide bonds. The van der Waals surface area contributed by atoms with Crippen LogP contribution in [0, 0.1) is 0 Å². The fourth-order valence-electron chi connectivity index (χ4n) is 3.11. The van der Waals surface area contributed by atoms with E-state index in [-0.39, 0.29) is 11.9 Å². The number of methoxy groups -OCH3 is 3. The molecule has 0 aliphatic carbocycles. The second-order valence-electron chi connectivity index (χ2n) is 6.54. The molecule has 0 spiro atoms. The first-order chi connectivity index (χ1) is 14.0. The summed E-state index contributed by atoms with van der Waals surface area (Å²) in [6.45, 7) is 5.56. The number of hydrogen-bond donors (Lipinski definition) is 0. The zero-order valence-corrected chi connectivity index (χ0v) is 17.6. The van der Waals surface area contributed by atoms with E-state index in [4.69, 9.17) is 18.9 Å². The Labute approximate surface area is 172 Å². The third-order valence-corrected chi connectivity index (χ3v) is 4.72. The molecule has 0 N–H and O–H groups in total. The van der Waals surface area contributed by atoms with E-state index in [1.54, 1.807) is 57.4 Å². The van der Waals surface area contributed by atoms with Crippen LogP contribution in [-0.2, 0) is 9.53 Å². The van der Waals surface area contributed by atoms with E-state index in [9.17, 15) is 9.59 Å². The number of allylic oxidation sites excluding steroid dienone is 1. The minimum atomic E-state index is -0.267. The van der Waals surface area contributed by atoms with Crippen molar-refractivity contribution in [3.05, 3.63) is 23.8 Å². The molecule has 1 heterocycles. The predicted octanol–water partition coefficient (Wildman–Crippen LogP) is 2.46. The van der Waals surface area contributed by atoms with E-state index in [2.05, 4.69) is 4.90 Å². The monoisotopic (exact) mass is 406 g/mol. The van der Waals surface area contributed by atoms with Gasteiger partial charge in [0.15, 0.2) is 17.3 Å². The first-order valence-corrected chi connectivity index (χ1v) is 9.67. The summed E-state index contributed by atoms with van der Waals surface area (Å²) in [7, 11) is 4.65. The minimum absolute atomic E-state index is 0.0339. The molecule has 1 aromatic rings. The summed E-state index contributed by atoms with van der Waals surface area (Å²) in [4.78, 5) is 27.9. The zero-order chi connectivity index (χ0) is 21.2. The molecule has 1 aromatic carbocycles. The van der Waals surface area contributed by atoms with Crippen molar-refractivity contribution in [3.8, 4) is 17.2 Å². The lowest BCUT2D eigenvalue weighted by molar-refractivity contribution is -0.115. The molecule has 0 aromatic heterocycles. The fourth-order valence-corrected chi connectivity index (χ4v) is 3.11. The molecule has 2 rings (SSSR count). The van der Waals surface area contributed by atoms with Crippen molar-refractivity contribution < 1.29 is 28.5 Å². The van der Waals surface area contributed by atoms with Crippen LogP contribution in [0.15, 0.2) is 18.2 Å². The van der Waals surface area contributed by atoms with Gasteiger partial charge in [-0.15, -0.1) is 0 Å². The van der Waals surface area contributed by atoms with Gasteiger partial charge in [-0.3, -0.25) is 9.69 Å². The number of rotatable bonds is 9. The molecular formula is C21H30N2O6. The number of benzene rings is 1. The average Bonchev–Trinajstić information content (AvgIpc) is 2.75. The molecule has 0 bridgehead atoms. The van der Waals surface area contributed by atoms with Crippen LogP contribution in [0.5, 0.6) is 17.2 Å². The number of ether oxygens (including phenoxy) is 4. The van der Waals surface area contributed by atoms with E-state index < -0.39 is 0 Å². The first-order valence-electron chi connectivity index (χ1n) is 9.67. The first kappa shape index (κ1) is 22.5. The summed E-state index contributed by atoms with van der Waals surface area (Å²) in [5.41, 5.74) is 0.788. The standard InChI is InChI=1S/C21H30N2O6/c1-5-29-21(25)23-12-10-22(11-13-23)9-8-17(24)7-6-16-14-18(26-2)20(28-4)19(15-16)27-3/h6-7,14-15H,5,8-13H2,1-4H3. The highest BCUT2D eigenvalue weighted by Gasteiger charge is 2.21. The number of nitrogens with zero attached hydrogens (tertiary/aromatic N) is 2. The Morgan fingerprint density at radius 1 is 1.00 bits per heavy atom. The van der Waals surface area contributed by atoms with Crippen molar-refractivity contribution in [1.82, 2.24) is 9.80 Å². The van der Waals surface area contributed by atoms with Gasteiger partial charge in [0.2, 0.25) is 5.75 Å². The summed E-state index contributed by atoms with van der Waals surface area (Å²) in [5, 5.41) is 0. The van der Waals surface area contributed by atoms with Crippen LogP contribution in [0.2, 0.25) is 0 Å². The molecule has 1 fully saturated rings. The second-order valence-corrected chi connectivity index (χ2v) is 6.54. The van der Waals surface area contributed by atoms with Crippen LogP contribution in [0.25, 0.3) is 6.08 Å². The number of amides is 1. The van der Waals surface area contributed by atoms with E-state index >= 15 is 0 Å². The number of carbonyl (C=O) groups is 2. The molecule has 0 radical (unpaired) electrons. The Morgan fingerprint density at radius 3 is 2.14 bits per heavy atom. The topological polar surface area (TPSA) is 77.5 Å². The van der Waals surface area contributed by atoms with Gasteiger partial charge < -0.3 is 23.8 Å². The molecule has 0 atom stereocenters. The molecule has 0 saturated carbocycles. The average molecular weight is 406 g/mol. The third kappa shape index (κ3) is 6.39. The van der Waals surface area contributed by atoms with Crippen LogP contribution >= 0.6 is 0 Å². The van der Waals surface area contributed by atoms with Crippen molar-refractivity contribution in [2.24, 2.45) is 0 Å². The highest BCUT2D eigenvalue weighted by atomic mass is 16.6. The van der Waals surface area contributed by atoms with Crippen molar-refractivity contribution in [2.75, 3.05) is 60.7 Å². The van der Waals surface area contributed by atoms with E-state index in [1.165, 1.54) is 0 Å². The predicted molar refractivity (Wildman–Crippen MR) is 110 cm³/mol. The van der Waals surface area contributed by atoms with E-state index in [0.29, 0.717) is 49.9 Å². The Balaban J connectivity index is 1.85. The van der Waals surface area contributed by atoms with E-state index in [0.717, 1.165) is 18.7 Å². The molecule has 8 heteroatoms. The van der Waals surface area contributed by atoms with Crippen molar-refractivity contribution in [2.45, 2.75) is 13.3 Å². The van der Waals surface area contributed by atoms with Gasteiger partial charge in [-0.25, -0.2) is 4.79 Å². The minimum Gasteiger partial charge on any atom is -0.493 e. The van der Waals surface area contributed by atoms with Crippen molar-refractivity contribution >= 4 is 18.0 Å². The molecule has 1 saturated heterocycles. The van der Waals surface area contributed by atoms with Crippen molar-refractivity contribution in [1.29, 1.82) is 0 Å². The summed E-state index contributed by atoms with van der Waals surface area (Å²) >= 11 is 0. The molecule has 160 valence electrons. The quantitative estimate of drug-likeness (QED) is 0.583. The Kier molecular flexibility index (Phi) is 8.79. The van der Waals surface area contributed by atoms with Crippen LogP contribution in [-0.4, -0.2) is 82.3 Å². The van der Waals surface area contributed by atoms with Gasteiger partial charge in [0.25, 0.3) is 0 Å². The fraction of sp³-hybridized carbons (Fsp3) is 0.524. The lowest BCUT2D eigenvalue weighted by Gasteiger charge is -2.33. The van der Waals surface area contributed by atoms with Gasteiger partial charge in [-0.2, -0.15) is 0 Å². The normalized spacial score (nSPS) is 14.7. The van der Waals surface area contributed by atoms with E-state index in [1.807, 2.05) is 0 Å². The van der Waals surface area contributed by atoms with Crippen LogP contribution < -0.4 is 14.2 Å². The largest absolute Gasteiger partial charge is 0.493 e. The van der Waals surface area contributed by atoms with Gasteiger partial charge in [-0.05, 0) is 30.7 Å². The number of ketones is 1. The second kappa shape index (κ2) is 11.3. The van der Waals surface area contributed by atoms with Gasteiger partial charge in [0, 0.05) is 39.1 Å². The lowest BCUT2D eigenvalue weighted by Crippen LogP contribution is -2.49. The Bertz CT molecular complexity index is 701. The number of hydrogen-bond acceptors (Lipinski definition) is 7. The Hall–Kier alpha value is -2.74. The summed E-state index contributed by atoms with van der Waals surface area (Å²) < 4.78 is 21.0. The lowest BCUT2D eigenvalue weighted by atomic mass is 10.1. The molecule has 1 aliphatic heterocycles. The highest BCUT2D eigenvalue weighted by molar-refractivity contribution is 5.93. The Morgan fingerprint density at radius 2 is 1.62 bits per heavy atom. The number of carbonyl (C=O) groups excluding carboxylic acids is 2. The van der Waals surface area contributed by atoms with Gasteiger partial charge in [0.1, 0.15) is 0 Å². The van der Waals surface area contributed by atoms with Gasteiger partial charge in [0.05, 0.1) is 27.9 Å². The zero-order valence-electron chi connectivity index (χ0n) is 17.6. The summed E-state index contributed by atoms with van der Waals surface area (Å²) in [6, 6.07) is 3.58. The molecular weight excluding hydrogens is 376 g/mol. The number of piperazine rings is 1. The molecule has 8 nitrogen and oxygen atoms in total. The smallest absolute Gasteiger partial charge is 0.409 e. The van der Waals surface area contributed by atoms with Crippen LogP contribution in [0.3, 0.4) is 0 Å². The molecule has 0 unspecified atom stereocenters. The molecule has 29 heavy (non-hydrogen) atoms. The highest BCUT2D eigenvalue weighted by Crippen LogP contribution is 2.38. The van der Waals surface area contributed by atoms with Crippen molar-refractivity contribution in [3.63, 3.8) is 0 Å². The van der Waals surface area contributed by atoms with Gasteiger partial charge in [-0.1, -0.05) is 6.08 Å². The summed E-state index contributed by atoms with van der Waals surface area (Å²) in [5.74, 6) is 1.63. The van der Waals surface area contributed by atoms with Crippen LogP contribution in [0.4, 0.5) is 4.79 Å². The van der Waals surface area contributed by atoms with Gasteiger partial charge >= 0.3 is 6.09 Å². The SMILES string of the molecule is CCOC(=O)N1CCN(CCC(=O)C=Cc2cc(OC)c(OC)c(OC)c2)CC1. The molecule has 1 aliphatic rings. The maximum Gasteiger partial charge on any atom is 0.409 e. The van der Waals surface area contributed by atoms with Crippen LogP contribution in [0.1, 0.15) is 18.9 Å². The summed E-state index contributed by atoms with van der Waals surface area (Å²) in [6.07, 6.45) is 3.46. The third-order valence-electron chi connectivity index (χ3n) is 4.72.